The second kappa shape index (κ2) is 29.1. The lowest BCUT2D eigenvalue weighted by Crippen LogP contribution is -2.53. The molecule has 0 heterocycles. The molecule has 0 aromatic heterocycles. The molecule has 0 radical (unpaired) electrons. The topological polar surface area (TPSA) is 145 Å². The first-order valence-corrected chi connectivity index (χ1v) is 22.0. The van der Waals surface area contributed by atoms with Gasteiger partial charge in [0.2, 0.25) is 5.91 Å². The summed E-state index contributed by atoms with van der Waals surface area (Å²) >= 11 is 0. The summed E-state index contributed by atoms with van der Waals surface area (Å²) in [6, 6.07) is 17.7. The minimum absolute atomic E-state index is 0.00567. The molecule has 10 nitrogen and oxygen atoms in total. The highest BCUT2D eigenvalue weighted by Crippen LogP contribution is 2.35. The summed E-state index contributed by atoms with van der Waals surface area (Å²) in [5.41, 5.74) is -0.651. The molecule has 324 valence electrons. The van der Waals surface area contributed by atoms with Crippen LogP contribution in [0.25, 0.3) is 0 Å². The van der Waals surface area contributed by atoms with Crippen molar-refractivity contribution in [1.29, 1.82) is 0 Å². The van der Waals surface area contributed by atoms with Crippen molar-refractivity contribution in [1.82, 2.24) is 5.32 Å². The van der Waals surface area contributed by atoms with E-state index >= 15 is 0 Å². The zero-order chi connectivity index (χ0) is 42.5. The van der Waals surface area contributed by atoms with E-state index in [2.05, 4.69) is 12.2 Å². The smallest absolute Gasteiger partial charge is 0.329 e. The van der Waals surface area contributed by atoms with E-state index in [0.717, 1.165) is 81.8 Å². The number of rotatable bonds is 32. The fourth-order valence-electron chi connectivity index (χ4n) is 7.00. The standard InChI is InChI=1S/C48H73NO9/c1-5-6-7-8-9-11-14-17-26-35-48(46(55)57-38-40-30-23-20-24-31-40,45(54)49-41(33-34-42(50)51)44(53)58-47(2,3)4)36-27-18-15-12-10-13-16-25-32-43(52)56-37-39-28-21-19-22-29-39/h19-24,28-31,41H,5-18,25-27,32-38H2,1-4H3,(H,49,54)(H,50,51)/t41-,48-/m0/s1. The molecular weight excluding hydrogens is 735 g/mol. The van der Waals surface area contributed by atoms with Crippen LogP contribution in [-0.2, 0) is 51.4 Å². The summed E-state index contributed by atoms with van der Waals surface area (Å²) < 4.78 is 16.9. The highest BCUT2D eigenvalue weighted by atomic mass is 16.6. The Morgan fingerprint density at radius 2 is 1.05 bits per heavy atom. The predicted octanol–water partition coefficient (Wildman–Crippen LogP) is 11.0. The quantitative estimate of drug-likeness (QED) is 0.0319. The zero-order valence-electron chi connectivity index (χ0n) is 36.0. The van der Waals surface area contributed by atoms with Crippen LogP contribution in [0.5, 0.6) is 0 Å². The number of unbranched alkanes of at least 4 members (excludes halogenated alkanes) is 15. The molecule has 1 amide bonds. The molecule has 0 saturated heterocycles. The maximum Gasteiger partial charge on any atom is 0.329 e. The number of benzene rings is 2. The van der Waals surface area contributed by atoms with Crippen molar-refractivity contribution in [3.63, 3.8) is 0 Å². The summed E-state index contributed by atoms with van der Waals surface area (Å²) in [6.45, 7) is 7.63. The van der Waals surface area contributed by atoms with Crippen LogP contribution in [-0.4, -0.2) is 46.5 Å². The van der Waals surface area contributed by atoms with Gasteiger partial charge >= 0.3 is 23.9 Å². The Hall–Kier alpha value is -4.21. The first-order chi connectivity index (χ1) is 27.9. The van der Waals surface area contributed by atoms with Gasteiger partial charge in [0.15, 0.2) is 0 Å². The molecule has 2 atom stereocenters. The van der Waals surface area contributed by atoms with Gasteiger partial charge in [0.05, 0.1) is 0 Å². The van der Waals surface area contributed by atoms with Crippen molar-refractivity contribution in [2.75, 3.05) is 0 Å². The molecule has 0 aliphatic rings. The normalized spacial score (nSPS) is 12.9. The molecule has 0 spiro atoms. The zero-order valence-corrected chi connectivity index (χ0v) is 36.0. The van der Waals surface area contributed by atoms with E-state index < -0.39 is 40.9 Å². The molecule has 2 N–H and O–H groups in total. The van der Waals surface area contributed by atoms with Crippen LogP contribution in [0.2, 0.25) is 0 Å². The third kappa shape index (κ3) is 22.1. The molecule has 0 fully saturated rings. The molecule has 0 bridgehead atoms. The predicted molar refractivity (Wildman–Crippen MR) is 228 cm³/mol. The molecule has 0 aliphatic carbocycles. The lowest BCUT2D eigenvalue weighted by molar-refractivity contribution is -0.167. The van der Waals surface area contributed by atoms with Gasteiger partial charge in [0.25, 0.3) is 0 Å². The number of carboxylic acids is 1. The number of ether oxygens (including phenoxy) is 3. The third-order valence-electron chi connectivity index (χ3n) is 10.4. The lowest BCUT2D eigenvalue weighted by Gasteiger charge is -2.33. The molecule has 0 unspecified atom stereocenters. The van der Waals surface area contributed by atoms with Crippen LogP contribution in [0, 0.1) is 5.41 Å². The maximum atomic E-state index is 14.5. The summed E-state index contributed by atoms with van der Waals surface area (Å²) in [4.78, 5) is 65.9. The van der Waals surface area contributed by atoms with E-state index in [1.54, 1.807) is 20.8 Å². The Balaban J connectivity index is 2.09. The number of carbonyl (C=O) groups excluding carboxylic acids is 4. The van der Waals surface area contributed by atoms with Gasteiger partial charge in [-0.1, -0.05) is 170 Å². The molecular formula is C48H73NO9. The summed E-state index contributed by atoms with van der Waals surface area (Å²) in [7, 11) is 0. The van der Waals surface area contributed by atoms with Gasteiger partial charge in [-0.05, 0) is 57.6 Å². The van der Waals surface area contributed by atoms with Crippen LogP contribution in [0.15, 0.2) is 60.7 Å². The average Bonchev–Trinajstić information content (AvgIpc) is 3.19. The van der Waals surface area contributed by atoms with Crippen molar-refractivity contribution in [2.45, 2.75) is 194 Å². The SMILES string of the molecule is CCCCCCCCCCC[C@](CCCCCCCCCCC(=O)OCc1ccccc1)(C(=O)N[C@@H](CCC(=O)O)C(=O)OC(C)(C)C)C(=O)OCc1ccccc1. The number of nitrogens with one attached hydrogen (secondary N) is 1. The van der Waals surface area contributed by atoms with Gasteiger partial charge in [0.1, 0.15) is 30.3 Å². The number of carboxylic acid groups (broad SMARTS) is 1. The number of amides is 1. The highest BCUT2D eigenvalue weighted by Gasteiger charge is 2.47. The minimum Gasteiger partial charge on any atom is -0.481 e. The van der Waals surface area contributed by atoms with Crippen molar-refractivity contribution in [2.24, 2.45) is 5.41 Å². The monoisotopic (exact) mass is 808 g/mol. The molecule has 0 aliphatic heterocycles. The van der Waals surface area contributed by atoms with Gasteiger partial charge in [-0.15, -0.1) is 0 Å². The van der Waals surface area contributed by atoms with Gasteiger partial charge < -0.3 is 24.6 Å². The van der Waals surface area contributed by atoms with E-state index in [-0.39, 0.29) is 38.3 Å². The largest absolute Gasteiger partial charge is 0.481 e. The van der Waals surface area contributed by atoms with Gasteiger partial charge in [-0.25, -0.2) is 4.79 Å². The minimum atomic E-state index is -1.56. The van der Waals surface area contributed by atoms with E-state index in [0.29, 0.717) is 25.9 Å². The second-order valence-electron chi connectivity index (χ2n) is 16.7. The van der Waals surface area contributed by atoms with Crippen LogP contribution in [0.1, 0.15) is 180 Å². The second-order valence-corrected chi connectivity index (χ2v) is 16.7. The van der Waals surface area contributed by atoms with Crippen molar-refractivity contribution >= 4 is 29.8 Å². The van der Waals surface area contributed by atoms with Gasteiger partial charge in [-0.2, -0.15) is 0 Å². The first-order valence-electron chi connectivity index (χ1n) is 22.0. The van der Waals surface area contributed by atoms with Gasteiger partial charge in [0, 0.05) is 12.8 Å². The van der Waals surface area contributed by atoms with E-state index in [1.807, 2.05) is 60.7 Å². The summed E-state index contributed by atoms with van der Waals surface area (Å²) in [6.07, 6.45) is 17.1. The Labute approximate surface area is 348 Å². The fraction of sp³-hybridized carbons (Fsp3) is 0.646. The molecule has 2 aromatic rings. The van der Waals surface area contributed by atoms with Crippen molar-refractivity contribution < 1.29 is 43.3 Å². The van der Waals surface area contributed by atoms with Gasteiger partial charge in [-0.3, -0.25) is 19.2 Å². The summed E-state index contributed by atoms with van der Waals surface area (Å²) in [5.74, 6) is -3.26. The van der Waals surface area contributed by atoms with E-state index in [1.165, 1.54) is 25.7 Å². The first kappa shape index (κ1) is 49.9. The summed E-state index contributed by atoms with van der Waals surface area (Å²) in [5, 5.41) is 12.2. The lowest BCUT2D eigenvalue weighted by atomic mass is 9.76. The number of aliphatic carboxylic acids is 1. The van der Waals surface area contributed by atoms with E-state index in [9.17, 15) is 29.1 Å². The number of hydrogen-bond acceptors (Lipinski definition) is 8. The van der Waals surface area contributed by atoms with Crippen LogP contribution >= 0.6 is 0 Å². The fourth-order valence-corrected chi connectivity index (χ4v) is 7.00. The Bertz CT molecular complexity index is 1460. The Morgan fingerprint density at radius 3 is 1.52 bits per heavy atom. The molecule has 58 heavy (non-hydrogen) atoms. The molecule has 2 aromatic carbocycles. The van der Waals surface area contributed by atoms with Crippen LogP contribution in [0.4, 0.5) is 0 Å². The number of carbonyl (C=O) groups is 5. The maximum absolute atomic E-state index is 14.5. The van der Waals surface area contributed by atoms with Crippen molar-refractivity contribution in [3.8, 4) is 0 Å². The third-order valence-corrected chi connectivity index (χ3v) is 10.4. The average molecular weight is 808 g/mol. The Morgan fingerprint density at radius 1 is 0.603 bits per heavy atom. The van der Waals surface area contributed by atoms with Crippen molar-refractivity contribution in [3.05, 3.63) is 71.8 Å². The van der Waals surface area contributed by atoms with Crippen LogP contribution in [0.3, 0.4) is 0 Å². The molecule has 10 heteroatoms. The number of hydrogen-bond donors (Lipinski definition) is 2. The molecule has 0 saturated carbocycles. The Kier molecular flexibility index (Phi) is 25.0. The van der Waals surface area contributed by atoms with E-state index in [4.69, 9.17) is 14.2 Å². The number of esters is 3. The molecule has 2 rings (SSSR count). The van der Waals surface area contributed by atoms with Crippen LogP contribution < -0.4 is 5.32 Å². The highest BCUT2D eigenvalue weighted by molar-refractivity contribution is 6.04.